The fourth-order valence-corrected chi connectivity index (χ4v) is 4.44. The van der Waals surface area contributed by atoms with Crippen molar-refractivity contribution in [1.29, 1.82) is 0 Å². The lowest BCUT2D eigenvalue weighted by Gasteiger charge is -2.16. The molecule has 8 nitrogen and oxygen atoms in total. The lowest BCUT2D eigenvalue weighted by molar-refractivity contribution is -0.384. The van der Waals surface area contributed by atoms with Crippen LogP contribution in [0.2, 0.25) is 5.02 Å². The van der Waals surface area contributed by atoms with Gasteiger partial charge < -0.3 is 19.7 Å². The van der Waals surface area contributed by atoms with Crippen LogP contribution in [0.25, 0.3) is 5.70 Å². The van der Waals surface area contributed by atoms with Gasteiger partial charge in [0.25, 0.3) is 5.69 Å². The Balaban J connectivity index is 1.70. The van der Waals surface area contributed by atoms with Crippen molar-refractivity contribution >= 4 is 40.5 Å². The molecule has 2 aromatic carbocycles. The largest absolute Gasteiger partial charge is 0.493 e. The highest BCUT2D eigenvalue weighted by Gasteiger charge is 2.33. The minimum atomic E-state index is -0.521. The van der Waals surface area contributed by atoms with Gasteiger partial charge in [-0.3, -0.25) is 14.9 Å². The highest BCUT2D eigenvalue weighted by atomic mass is 35.5. The van der Waals surface area contributed by atoms with Gasteiger partial charge in [0.05, 0.1) is 30.5 Å². The van der Waals surface area contributed by atoms with Crippen LogP contribution in [0, 0.1) is 10.1 Å². The maximum atomic E-state index is 12.8. The number of hydrogen-bond donors (Lipinski definition) is 1. The lowest BCUT2D eigenvalue weighted by Crippen LogP contribution is -2.26. The fourth-order valence-electron chi connectivity index (χ4n) is 3.40. The van der Waals surface area contributed by atoms with Crippen LogP contribution in [0.15, 0.2) is 65.9 Å². The molecule has 2 aliphatic rings. The highest BCUT2D eigenvalue weighted by molar-refractivity contribution is 8.02. The van der Waals surface area contributed by atoms with Gasteiger partial charge in [0.2, 0.25) is 0 Å². The number of nitro groups is 1. The Morgan fingerprint density at radius 3 is 2.72 bits per heavy atom. The van der Waals surface area contributed by atoms with E-state index in [0.717, 1.165) is 0 Å². The molecule has 0 amide bonds. The van der Waals surface area contributed by atoms with Crippen LogP contribution in [0.4, 0.5) is 5.69 Å². The molecule has 1 unspecified atom stereocenters. The van der Waals surface area contributed by atoms with Crippen molar-refractivity contribution in [3.05, 3.63) is 92.1 Å². The van der Waals surface area contributed by atoms with Crippen molar-refractivity contribution in [2.24, 2.45) is 0 Å². The number of thioether (sulfide) groups is 1. The number of ether oxygens (including phenoxy) is 2. The molecule has 0 bridgehead atoms. The Morgan fingerprint density at radius 2 is 2.00 bits per heavy atom. The predicted octanol–water partition coefficient (Wildman–Crippen LogP) is 4.78. The van der Waals surface area contributed by atoms with Gasteiger partial charge >= 0.3 is 0 Å². The van der Waals surface area contributed by atoms with Crippen LogP contribution >= 0.6 is 23.4 Å². The third-order valence-corrected chi connectivity index (χ3v) is 6.18. The molecule has 2 aliphatic heterocycles. The maximum Gasteiger partial charge on any atom is 0.288 e. The van der Waals surface area contributed by atoms with Crippen LogP contribution in [-0.2, 0) is 0 Å². The summed E-state index contributed by atoms with van der Waals surface area (Å²) in [5.41, 5.74) is 2.14. The molecule has 164 valence electrons. The normalized spacial score (nSPS) is 17.0. The van der Waals surface area contributed by atoms with Gasteiger partial charge in [-0.1, -0.05) is 29.4 Å². The molecule has 0 aromatic heterocycles. The predicted molar refractivity (Wildman–Crippen MR) is 124 cm³/mol. The van der Waals surface area contributed by atoms with E-state index in [1.54, 1.807) is 42.1 Å². The van der Waals surface area contributed by atoms with Crippen molar-refractivity contribution in [2.45, 2.75) is 5.50 Å². The molecule has 0 saturated heterocycles. The van der Waals surface area contributed by atoms with E-state index in [2.05, 4.69) is 5.32 Å². The molecule has 1 N–H and O–H groups in total. The lowest BCUT2D eigenvalue weighted by atomic mass is 10.1. The van der Waals surface area contributed by atoms with Gasteiger partial charge in [0.1, 0.15) is 5.02 Å². The van der Waals surface area contributed by atoms with Gasteiger partial charge in [0, 0.05) is 23.4 Å². The van der Waals surface area contributed by atoms with E-state index in [1.807, 2.05) is 16.5 Å². The fraction of sp³-hybridized carbons (Fsp3) is 0.136. The number of ketones is 1. The van der Waals surface area contributed by atoms with Gasteiger partial charge in [-0.25, -0.2) is 0 Å². The van der Waals surface area contributed by atoms with E-state index in [4.69, 9.17) is 21.1 Å². The summed E-state index contributed by atoms with van der Waals surface area (Å²) in [5.74, 6) is 0.769. The minimum absolute atomic E-state index is 0.0628. The summed E-state index contributed by atoms with van der Waals surface area (Å²) in [4.78, 5) is 25.6. The first-order chi connectivity index (χ1) is 15.4. The SMILES string of the molecule is COc1ccc(C(=O)/C=C/C2=C(c3ccc(Cl)c([N+](=O)[O-])c3)NC3SC=CN23)cc1OC. The van der Waals surface area contributed by atoms with Gasteiger partial charge in [-0.15, -0.1) is 0 Å². The Kier molecular flexibility index (Phi) is 6.11. The molecule has 0 spiro atoms. The molecule has 2 aromatic rings. The topological polar surface area (TPSA) is 93.9 Å². The number of rotatable bonds is 7. The molecule has 0 saturated carbocycles. The van der Waals surface area contributed by atoms with Crippen molar-refractivity contribution < 1.29 is 19.2 Å². The summed E-state index contributed by atoms with van der Waals surface area (Å²) < 4.78 is 10.5. The Labute approximate surface area is 193 Å². The molecule has 0 aliphatic carbocycles. The molecule has 0 fully saturated rings. The summed E-state index contributed by atoms with van der Waals surface area (Å²) in [7, 11) is 3.03. The minimum Gasteiger partial charge on any atom is -0.493 e. The molecular formula is C22H18ClN3O5S. The quantitative estimate of drug-likeness (QED) is 0.267. The van der Waals surface area contributed by atoms with Crippen LogP contribution in [0.3, 0.4) is 0 Å². The molecule has 10 heteroatoms. The summed E-state index contributed by atoms with van der Waals surface area (Å²) >= 11 is 7.52. The monoisotopic (exact) mass is 471 g/mol. The number of hydrogen-bond acceptors (Lipinski definition) is 8. The zero-order chi connectivity index (χ0) is 22.8. The van der Waals surface area contributed by atoms with E-state index in [9.17, 15) is 14.9 Å². The number of allylic oxidation sites excluding steroid dienone is 2. The Morgan fingerprint density at radius 1 is 1.22 bits per heavy atom. The van der Waals surface area contributed by atoms with Crippen molar-refractivity contribution in [3.8, 4) is 11.5 Å². The van der Waals surface area contributed by atoms with Crippen LogP contribution in [0.5, 0.6) is 11.5 Å². The number of fused-ring (bicyclic) bond motifs is 1. The van der Waals surface area contributed by atoms with Gasteiger partial charge in [0.15, 0.2) is 22.8 Å². The molecular weight excluding hydrogens is 454 g/mol. The van der Waals surface area contributed by atoms with E-state index in [0.29, 0.717) is 34.0 Å². The Bertz CT molecular complexity index is 1190. The number of methoxy groups -OCH3 is 2. The summed E-state index contributed by atoms with van der Waals surface area (Å²) in [6.45, 7) is 0. The summed E-state index contributed by atoms with van der Waals surface area (Å²) in [6, 6.07) is 9.57. The van der Waals surface area contributed by atoms with Gasteiger partial charge in [-0.05, 0) is 41.8 Å². The zero-order valence-corrected chi connectivity index (χ0v) is 18.6. The molecule has 4 rings (SSSR count). The van der Waals surface area contributed by atoms with E-state index >= 15 is 0 Å². The van der Waals surface area contributed by atoms with Crippen LogP contribution in [-0.4, -0.2) is 35.3 Å². The highest BCUT2D eigenvalue weighted by Crippen LogP contribution is 2.39. The summed E-state index contributed by atoms with van der Waals surface area (Å²) in [5, 5.41) is 16.7. The average molecular weight is 472 g/mol. The van der Waals surface area contributed by atoms with E-state index in [1.165, 1.54) is 32.4 Å². The van der Waals surface area contributed by atoms with Crippen molar-refractivity contribution in [2.75, 3.05) is 14.2 Å². The third kappa shape index (κ3) is 4.04. The van der Waals surface area contributed by atoms with Crippen molar-refractivity contribution in [3.63, 3.8) is 0 Å². The number of halogens is 1. The number of benzene rings is 2. The Hall–Kier alpha value is -3.43. The standard InChI is InChI=1S/C22H18ClN3O5S/c1-30-19-8-4-13(12-20(19)31-2)18(27)7-6-16-21(24-22-25(16)9-10-32-22)14-3-5-15(23)17(11-14)26(28)29/h3-12,22,24H,1-2H3/b7-6+. The number of nitrogens with zero attached hydrogens (tertiary/aromatic N) is 2. The molecule has 1 atom stereocenters. The van der Waals surface area contributed by atoms with Crippen molar-refractivity contribution in [1.82, 2.24) is 10.2 Å². The average Bonchev–Trinajstić information content (AvgIpc) is 3.38. The molecule has 2 heterocycles. The van der Waals surface area contributed by atoms with E-state index in [-0.39, 0.29) is 22.0 Å². The summed E-state index contributed by atoms with van der Waals surface area (Å²) in [6.07, 6.45) is 5.04. The first kappa shape index (κ1) is 21.8. The number of carbonyl (C=O) groups is 1. The number of nitro benzene ring substituents is 1. The zero-order valence-electron chi connectivity index (χ0n) is 17.1. The molecule has 32 heavy (non-hydrogen) atoms. The second-order valence-corrected chi connectivity index (χ2v) is 8.17. The van der Waals surface area contributed by atoms with Gasteiger partial charge in [-0.2, -0.15) is 0 Å². The van der Waals surface area contributed by atoms with E-state index < -0.39 is 4.92 Å². The second-order valence-electron chi connectivity index (χ2n) is 6.78. The second kappa shape index (κ2) is 8.97. The number of nitrogens with one attached hydrogen (secondary N) is 1. The smallest absolute Gasteiger partial charge is 0.288 e. The first-order valence-electron chi connectivity index (χ1n) is 9.43. The van der Waals surface area contributed by atoms with Crippen LogP contribution in [0.1, 0.15) is 15.9 Å². The third-order valence-electron chi connectivity index (χ3n) is 4.98. The first-order valence-corrected chi connectivity index (χ1v) is 10.7. The number of carbonyl (C=O) groups excluding carboxylic acids is 1. The van der Waals surface area contributed by atoms with Crippen LogP contribution < -0.4 is 14.8 Å². The maximum absolute atomic E-state index is 12.8. The molecule has 0 radical (unpaired) electrons.